The summed E-state index contributed by atoms with van der Waals surface area (Å²) in [7, 11) is 0. The van der Waals surface area contributed by atoms with E-state index in [1.807, 2.05) is 30.3 Å². The number of aliphatic hydroxyl groups is 1. The van der Waals surface area contributed by atoms with E-state index in [1.54, 1.807) is 10.9 Å². The molecule has 3 heterocycles. The second-order valence-corrected chi connectivity index (χ2v) is 10.6. The summed E-state index contributed by atoms with van der Waals surface area (Å²) in [5, 5.41) is 22.3. The van der Waals surface area contributed by atoms with Crippen molar-refractivity contribution in [2.75, 3.05) is 18.4 Å². The van der Waals surface area contributed by atoms with Gasteiger partial charge in [0.15, 0.2) is 5.82 Å². The van der Waals surface area contributed by atoms with E-state index in [9.17, 15) is 9.90 Å². The van der Waals surface area contributed by atoms with Crippen LogP contribution in [0.5, 0.6) is 0 Å². The third kappa shape index (κ3) is 4.56. The second-order valence-electron chi connectivity index (χ2n) is 10.6. The van der Waals surface area contributed by atoms with E-state index < -0.39 is 5.54 Å². The predicted octanol–water partition coefficient (Wildman–Crippen LogP) is 3.93. The number of carbonyl (C=O) groups is 1. The summed E-state index contributed by atoms with van der Waals surface area (Å²) in [4.78, 5) is 23.7. The van der Waals surface area contributed by atoms with E-state index in [1.165, 1.54) is 5.56 Å². The number of hydrogen-bond donors (Lipinski definition) is 2. The molecule has 1 saturated heterocycles. The molecule has 4 aromatic rings. The van der Waals surface area contributed by atoms with Crippen molar-refractivity contribution < 1.29 is 9.90 Å². The lowest BCUT2D eigenvalue weighted by atomic mass is 9.78. The van der Waals surface area contributed by atoms with Crippen molar-refractivity contribution in [2.24, 2.45) is 0 Å². The Bertz CT molecular complexity index is 1440. The molecule has 38 heavy (non-hydrogen) atoms. The summed E-state index contributed by atoms with van der Waals surface area (Å²) in [6.07, 6.45) is 7.41. The molecular weight excluding hydrogens is 478 g/mol. The summed E-state index contributed by atoms with van der Waals surface area (Å²) in [6.45, 7) is 3.66. The number of rotatable bonds is 6. The van der Waals surface area contributed by atoms with Crippen molar-refractivity contribution in [3.05, 3.63) is 60.3 Å². The SMILES string of the molecule is Cc1ccccc1-c1cccc2c1nnn2-c1ccnc(NC2CCC(C=O)(N3CCC(O)CC3)CC2)n1. The molecular formula is C29H33N7O2. The molecule has 0 radical (unpaired) electrons. The summed E-state index contributed by atoms with van der Waals surface area (Å²) >= 11 is 0. The van der Waals surface area contributed by atoms with E-state index in [2.05, 4.69) is 50.6 Å². The molecule has 9 heteroatoms. The van der Waals surface area contributed by atoms with Crippen molar-refractivity contribution in [3.63, 3.8) is 0 Å². The molecule has 6 rings (SSSR count). The summed E-state index contributed by atoms with van der Waals surface area (Å²) in [5.41, 5.74) is 4.67. The highest BCUT2D eigenvalue weighted by Gasteiger charge is 2.41. The lowest BCUT2D eigenvalue weighted by molar-refractivity contribution is -0.123. The minimum atomic E-state index is -0.421. The van der Waals surface area contributed by atoms with Crippen molar-refractivity contribution in [1.29, 1.82) is 0 Å². The number of fused-ring (bicyclic) bond motifs is 1. The molecule has 2 N–H and O–H groups in total. The fraction of sp³-hybridized carbons (Fsp3) is 0.414. The predicted molar refractivity (Wildman–Crippen MR) is 146 cm³/mol. The zero-order valence-electron chi connectivity index (χ0n) is 21.6. The van der Waals surface area contributed by atoms with Crippen LogP contribution in [0.2, 0.25) is 0 Å². The highest BCUT2D eigenvalue weighted by atomic mass is 16.3. The van der Waals surface area contributed by atoms with Gasteiger partial charge in [-0.3, -0.25) is 4.90 Å². The molecule has 2 aromatic carbocycles. The number of nitrogens with one attached hydrogen (secondary N) is 1. The molecule has 0 spiro atoms. The number of aldehydes is 1. The number of hydrogen-bond acceptors (Lipinski definition) is 8. The van der Waals surface area contributed by atoms with Crippen molar-refractivity contribution in [2.45, 2.75) is 63.1 Å². The van der Waals surface area contributed by atoms with Gasteiger partial charge in [0.1, 0.15) is 11.8 Å². The number of likely N-dealkylation sites (tertiary alicyclic amines) is 1. The number of benzene rings is 2. The molecule has 196 valence electrons. The molecule has 0 unspecified atom stereocenters. The highest BCUT2D eigenvalue weighted by molar-refractivity contribution is 5.93. The molecule has 0 amide bonds. The van der Waals surface area contributed by atoms with Gasteiger partial charge in [-0.25, -0.2) is 4.98 Å². The van der Waals surface area contributed by atoms with Crippen LogP contribution in [0.3, 0.4) is 0 Å². The fourth-order valence-electron chi connectivity index (χ4n) is 6.01. The maximum absolute atomic E-state index is 12.2. The number of carbonyl (C=O) groups excluding carboxylic acids is 1. The Morgan fingerprint density at radius 3 is 2.53 bits per heavy atom. The molecule has 2 aliphatic rings. The van der Waals surface area contributed by atoms with Gasteiger partial charge in [-0.05, 0) is 62.6 Å². The number of piperidine rings is 1. The van der Waals surface area contributed by atoms with Crippen LogP contribution < -0.4 is 5.32 Å². The van der Waals surface area contributed by atoms with Gasteiger partial charge in [0.2, 0.25) is 5.95 Å². The van der Waals surface area contributed by atoms with Gasteiger partial charge < -0.3 is 15.2 Å². The topological polar surface area (TPSA) is 109 Å². The molecule has 1 aliphatic heterocycles. The Morgan fingerprint density at radius 1 is 1.00 bits per heavy atom. The van der Waals surface area contributed by atoms with Crippen LogP contribution in [0, 0.1) is 6.92 Å². The second kappa shape index (κ2) is 10.2. The Kier molecular flexibility index (Phi) is 6.63. The lowest BCUT2D eigenvalue weighted by Gasteiger charge is -2.46. The van der Waals surface area contributed by atoms with E-state index in [0.717, 1.165) is 80.1 Å². The Labute approximate surface area is 221 Å². The first-order valence-corrected chi connectivity index (χ1v) is 13.5. The highest BCUT2D eigenvalue weighted by Crippen LogP contribution is 2.35. The van der Waals surface area contributed by atoms with Gasteiger partial charge in [-0.2, -0.15) is 9.67 Å². The van der Waals surface area contributed by atoms with Crippen LogP contribution in [-0.4, -0.2) is 72.0 Å². The first kappa shape index (κ1) is 24.6. The largest absolute Gasteiger partial charge is 0.393 e. The van der Waals surface area contributed by atoms with Crippen LogP contribution in [0.25, 0.3) is 28.0 Å². The van der Waals surface area contributed by atoms with Crippen LogP contribution >= 0.6 is 0 Å². The Morgan fingerprint density at radius 2 is 1.76 bits per heavy atom. The zero-order chi connectivity index (χ0) is 26.1. The van der Waals surface area contributed by atoms with E-state index in [0.29, 0.717) is 11.8 Å². The van der Waals surface area contributed by atoms with Crippen LogP contribution in [0.4, 0.5) is 5.95 Å². The molecule has 1 aliphatic carbocycles. The summed E-state index contributed by atoms with van der Waals surface area (Å²) < 4.78 is 1.76. The minimum absolute atomic E-state index is 0.189. The normalized spacial score (nSPS) is 22.9. The third-order valence-electron chi connectivity index (χ3n) is 8.27. The monoisotopic (exact) mass is 511 g/mol. The van der Waals surface area contributed by atoms with Gasteiger partial charge in [-0.1, -0.05) is 41.6 Å². The van der Waals surface area contributed by atoms with Gasteiger partial charge in [-0.15, -0.1) is 5.10 Å². The van der Waals surface area contributed by atoms with Crippen molar-refractivity contribution >= 4 is 23.3 Å². The van der Waals surface area contributed by atoms with Crippen LogP contribution in [0.15, 0.2) is 54.7 Å². The zero-order valence-corrected chi connectivity index (χ0v) is 21.6. The minimum Gasteiger partial charge on any atom is -0.393 e. The molecule has 2 aromatic heterocycles. The molecule has 9 nitrogen and oxygen atoms in total. The molecule has 1 saturated carbocycles. The Hall–Kier alpha value is -3.69. The number of anilines is 1. The maximum Gasteiger partial charge on any atom is 0.224 e. The fourth-order valence-corrected chi connectivity index (χ4v) is 6.01. The number of nitrogens with zero attached hydrogens (tertiary/aromatic N) is 6. The smallest absolute Gasteiger partial charge is 0.224 e. The average molecular weight is 512 g/mol. The average Bonchev–Trinajstić information content (AvgIpc) is 3.39. The van der Waals surface area contributed by atoms with Crippen molar-refractivity contribution in [3.8, 4) is 16.9 Å². The van der Waals surface area contributed by atoms with Gasteiger partial charge in [0.05, 0.1) is 17.2 Å². The van der Waals surface area contributed by atoms with Crippen LogP contribution in [0.1, 0.15) is 44.1 Å². The quantitative estimate of drug-likeness (QED) is 0.375. The lowest BCUT2D eigenvalue weighted by Crippen LogP contribution is -2.56. The van der Waals surface area contributed by atoms with Crippen LogP contribution in [-0.2, 0) is 4.79 Å². The first-order chi connectivity index (χ1) is 18.6. The number of aryl methyl sites for hydroxylation is 1. The summed E-state index contributed by atoms with van der Waals surface area (Å²) in [5.74, 6) is 1.20. The maximum atomic E-state index is 12.2. The van der Waals surface area contributed by atoms with E-state index >= 15 is 0 Å². The third-order valence-corrected chi connectivity index (χ3v) is 8.27. The number of aromatic nitrogens is 5. The van der Waals surface area contributed by atoms with Gasteiger partial charge in [0.25, 0.3) is 0 Å². The number of aliphatic hydroxyl groups excluding tert-OH is 1. The molecule has 0 bridgehead atoms. The summed E-state index contributed by atoms with van der Waals surface area (Å²) in [6, 6.07) is 16.4. The molecule has 2 fully saturated rings. The van der Waals surface area contributed by atoms with Crippen molar-refractivity contribution in [1.82, 2.24) is 29.9 Å². The van der Waals surface area contributed by atoms with Gasteiger partial charge >= 0.3 is 0 Å². The first-order valence-electron chi connectivity index (χ1n) is 13.5. The van der Waals surface area contributed by atoms with Gasteiger partial charge in [0, 0.05) is 37.0 Å². The molecule has 0 atom stereocenters. The van der Waals surface area contributed by atoms with E-state index in [4.69, 9.17) is 4.98 Å². The standard InChI is InChI=1S/C29H33N7O2/c1-20-5-2-3-6-23(20)24-7-4-8-25-27(24)33-34-36(25)26-11-16-30-28(32-26)31-21-9-14-29(19-37,15-10-21)35-17-12-22(38)13-18-35/h2-8,11,16,19,21-22,38H,9-10,12-15,17-18H2,1H3,(H,30,31,32). The van der Waals surface area contributed by atoms with E-state index in [-0.39, 0.29) is 12.1 Å². The Balaban J connectivity index is 1.19.